The predicted octanol–water partition coefficient (Wildman–Crippen LogP) is 0.179. The average Bonchev–Trinajstić information content (AvgIpc) is 2.90. The normalized spacial score (nSPS) is 10.8. The predicted molar refractivity (Wildman–Crippen MR) is 84.4 cm³/mol. The fourth-order valence-corrected chi connectivity index (χ4v) is 2.19. The summed E-state index contributed by atoms with van der Waals surface area (Å²) in [7, 11) is 0. The van der Waals surface area contributed by atoms with Crippen molar-refractivity contribution in [2.45, 2.75) is 33.4 Å². The van der Waals surface area contributed by atoms with E-state index in [-0.39, 0.29) is 24.2 Å². The molecule has 0 unspecified atom stereocenters. The number of pyridine rings is 1. The van der Waals surface area contributed by atoms with Gasteiger partial charge < -0.3 is 15.4 Å². The summed E-state index contributed by atoms with van der Waals surface area (Å²) in [5.41, 5.74) is 1.07. The minimum absolute atomic E-state index is 0.0881. The number of carboxylic acid groups (broad SMARTS) is 1. The summed E-state index contributed by atoms with van der Waals surface area (Å²) in [5.74, 6) is -1.08. The number of nitrogens with one attached hydrogen (secondary N) is 2. The van der Waals surface area contributed by atoms with E-state index in [0.717, 1.165) is 4.68 Å². The van der Waals surface area contributed by atoms with Crippen LogP contribution in [0.2, 0.25) is 0 Å². The molecule has 0 fully saturated rings. The van der Waals surface area contributed by atoms with Gasteiger partial charge in [-0.05, 0) is 18.4 Å². The monoisotopic (exact) mass is 333 g/mol. The molecule has 0 spiro atoms. The lowest BCUT2D eigenvalue weighted by molar-refractivity contribution is -0.137. The van der Waals surface area contributed by atoms with Crippen molar-refractivity contribution in [2.24, 2.45) is 5.92 Å². The number of nitrogens with zero attached hydrogens (tertiary/aromatic N) is 3. The molecular weight excluding hydrogens is 314 g/mol. The summed E-state index contributed by atoms with van der Waals surface area (Å²) in [6, 6.07) is 2.89. The van der Waals surface area contributed by atoms with Gasteiger partial charge in [0.15, 0.2) is 0 Å². The first-order valence-corrected chi connectivity index (χ1v) is 7.45. The van der Waals surface area contributed by atoms with E-state index >= 15 is 0 Å². The first-order chi connectivity index (χ1) is 11.3. The molecule has 0 atom stereocenters. The number of carbonyl (C=O) groups is 2. The van der Waals surface area contributed by atoms with Crippen molar-refractivity contribution in [3.05, 3.63) is 45.6 Å². The molecule has 9 heteroatoms. The van der Waals surface area contributed by atoms with Crippen LogP contribution in [0, 0.1) is 5.92 Å². The van der Waals surface area contributed by atoms with Crippen LogP contribution in [0.5, 0.6) is 0 Å². The second kappa shape index (κ2) is 7.53. The molecule has 0 aliphatic carbocycles. The van der Waals surface area contributed by atoms with Crippen molar-refractivity contribution >= 4 is 11.9 Å². The molecule has 0 aliphatic heterocycles. The van der Waals surface area contributed by atoms with E-state index < -0.39 is 11.9 Å². The van der Waals surface area contributed by atoms with Crippen LogP contribution in [-0.2, 0) is 24.3 Å². The number of rotatable bonds is 7. The molecular formula is C15H19N5O4. The Labute approximate surface area is 137 Å². The van der Waals surface area contributed by atoms with Crippen molar-refractivity contribution < 1.29 is 14.7 Å². The van der Waals surface area contributed by atoms with Crippen LogP contribution in [0.3, 0.4) is 0 Å². The van der Waals surface area contributed by atoms with E-state index in [4.69, 9.17) is 5.11 Å². The quantitative estimate of drug-likeness (QED) is 0.662. The van der Waals surface area contributed by atoms with Crippen molar-refractivity contribution in [1.29, 1.82) is 0 Å². The number of amides is 1. The SMILES string of the molecule is CC(C)Cc1cc(C(=O)NCc2cn(CC(=O)O)nn2)cc(=O)[nH]1. The van der Waals surface area contributed by atoms with Gasteiger partial charge in [-0.2, -0.15) is 0 Å². The van der Waals surface area contributed by atoms with Gasteiger partial charge in [0.05, 0.1) is 12.7 Å². The molecule has 0 bridgehead atoms. The van der Waals surface area contributed by atoms with Crippen molar-refractivity contribution in [1.82, 2.24) is 25.3 Å². The van der Waals surface area contributed by atoms with E-state index in [2.05, 4.69) is 20.6 Å². The lowest BCUT2D eigenvalue weighted by Gasteiger charge is -2.07. The van der Waals surface area contributed by atoms with E-state index in [0.29, 0.717) is 23.7 Å². The smallest absolute Gasteiger partial charge is 0.325 e. The molecule has 0 saturated carbocycles. The van der Waals surface area contributed by atoms with Crippen LogP contribution >= 0.6 is 0 Å². The van der Waals surface area contributed by atoms with Crippen molar-refractivity contribution in [3.63, 3.8) is 0 Å². The third-order valence-corrected chi connectivity index (χ3v) is 3.10. The van der Waals surface area contributed by atoms with E-state index in [9.17, 15) is 14.4 Å². The molecule has 128 valence electrons. The third-order valence-electron chi connectivity index (χ3n) is 3.10. The van der Waals surface area contributed by atoms with Crippen LogP contribution in [-0.4, -0.2) is 37.0 Å². The summed E-state index contributed by atoms with van der Waals surface area (Å²) in [6.07, 6.45) is 2.11. The largest absolute Gasteiger partial charge is 0.480 e. The van der Waals surface area contributed by atoms with Gasteiger partial charge in [-0.15, -0.1) is 5.10 Å². The van der Waals surface area contributed by atoms with Crippen LogP contribution < -0.4 is 10.9 Å². The standard InChI is InChI=1S/C15H19N5O4/c1-9(2)3-11-4-10(5-13(21)17-11)15(24)16-6-12-7-20(19-18-12)8-14(22)23/h4-5,7,9H,3,6,8H2,1-2H3,(H,16,24)(H,17,21)(H,22,23). The third kappa shape index (κ3) is 5.04. The van der Waals surface area contributed by atoms with Crippen molar-refractivity contribution in [2.75, 3.05) is 0 Å². The summed E-state index contributed by atoms with van der Waals surface area (Å²) in [5, 5.41) is 18.7. The number of aliphatic carboxylic acids is 1. The number of carbonyl (C=O) groups excluding carboxylic acids is 1. The van der Waals surface area contributed by atoms with E-state index in [1.807, 2.05) is 13.8 Å². The maximum absolute atomic E-state index is 12.2. The highest BCUT2D eigenvalue weighted by molar-refractivity contribution is 5.94. The Bertz CT molecular complexity index is 793. The van der Waals surface area contributed by atoms with Gasteiger partial charge in [-0.25, -0.2) is 4.68 Å². The Morgan fingerprint density at radius 2 is 2.12 bits per heavy atom. The molecule has 1 amide bonds. The summed E-state index contributed by atoms with van der Waals surface area (Å²) >= 11 is 0. The number of H-pyrrole nitrogens is 1. The van der Waals surface area contributed by atoms with E-state index in [1.165, 1.54) is 12.3 Å². The number of aromatic amines is 1. The lowest BCUT2D eigenvalue weighted by Crippen LogP contribution is -2.25. The van der Waals surface area contributed by atoms with E-state index in [1.54, 1.807) is 6.07 Å². The maximum Gasteiger partial charge on any atom is 0.325 e. The minimum Gasteiger partial charge on any atom is -0.480 e. The molecule has 0 saturated heterocycles. The molecule has 0 radical (unpaired) electrons. The molecule has 0 aromatic carbocycles. The zero-order valence-electron chi connectivity index (χ0n) is 13.4. The van der Waals surface area contributed by atoms with Crippen LogP contribution in [0.25, 0.3) is 0 Å². The van der Waals surface area contributed by atoms with Gasteiger partial charge in [0.2, 0.25) is 5.56 Å². The molecule has 9 nitrogen and oxygen atoms in total. The number of aromatic nitrogens is 4. The molecule has 24 heavy (non-hydrogen) atoms. The highest BCUT2D eigenvalue weighted by atomic mass is 16.4. The zero-order valence-corrected chi connectivity index (χ0v) is 13.4. The minimum atomic E-state index is -1.03. The van der Waals surface area contributed by atoms with Crippen LogP contribution in [0.4, 0.5) is 0 Å². The summed E-state index contributed by atoms with van der Waals surface area (Å²) in [4.78, 5) is 37.1. The summed E-state index contributed by atoms with van der Waals surface area (Å²) < 4.78 is 1.16. The summed E-state index contributed by atoms with van der Waals surface area (Å²) in [6.45, 7) is 3.83. The highest BCUT2D eigenvalue weighted by Crippen LogP contribution is 2.06. The van der Waals surface area contributed by atoms with Gasteiger partial charge in [0, 0.05) is 17.3 Å². The van der Waals surface area contributed by atoms with Crippen molar-refractivity contribution in [3.8, 4) is 0 Å². The average molecular weight is 333 g/mol. The Hall–Kier alpha value is -2.97. The van der Waals surface area contributed by atoms with Gasteiger partial charge >= 0.3 is 5.97 Å². The second-order valence-corrected chi connectivity index (χ2v) is 5.84. The van der Waals surface area contributed by atoms with Gasteiger partial charge in [-0.3, -0.25) is 14.4 Å². The fraction of sp³-hybridized carbons (Fsp3) is 0.400. The van der Waals surface area contributed by atoms with Gasteiger partial charge in [-0.1, -0.05) is 19.1 Å². The molecule has 2 aromatic heterocycles. The maximum atomic E-state index is 12.2. The lowest BCUT2D eigenvalue weighted by atomic mass is 10.1. The Morgan fingerprint density at radius 3 is 2.79 bits per heavy atom. The Morgan fingerprint density at radius 1 is 1.38 bits per heavy atom. The number of hydrogen-bond donors (Lipinski definition) is 3. The second-order valence-electron chi connectivity index (χ2n) is 5.84. The van der Waals surface area contributed by atoms with Gasteiger partial charge in [0.1, 0.15) is 12.2 Å². The Kier molecular flexibility index (Phi) is 5.46. The molecule has 2 aromatic rings. The fourth-order valence-electron chi connectivity index (χ4n) is 2.19. The molecule has 0 aliphatic rings. The first-order valence-electron chi connectivity index (χ1n) is 7.45. The zero-order chi connectivity index (χ0) is 17.7. The molecule has 3 N–H and O–H groups in total. The van der Waals surface area contributed by atoms with Crippen LogP contribution in [0.15, 0.2) is 23.1 Å². The van der Waals surface area contributed by atoms with Crippen LogP contribution in [0.1, 0.15) is 35.6 Å². The highest BCUT2D eigenvalue weighted by Gasteiger charge is 2.11. The number of hydrogen-bond acceptors (Lipinski definition) is 5. The molecule has 2 rings (SSSR count). The molecule has 2 heterocycles. The van der Waals surface area contributed by atoms with Gasteiger partial charge in [0.25, 0.3) is 5.91 Å². The topological polar surface area (TPSA) is 130 Å². The first kappa shape index (κ1) is 17.4. The Balaban J connectivity index is 2.02. The number of carboxylic acids is 1.